The van der Waals surface area contributed by atoms with Crippen LogP contribution in [0.15, 0.2) is 12.2 Å². The van der Waals surface area contributed by atoms with Crippen molar-refractivity contribution in [2.24, 2.45) is 0 Å². The average molecular weight is 171 g/mol. The average Bonchev–Trinajstić information content (AvgIpc) is 2.05. The van der Waals surface area contributed by atoms with Crippen LogP contribution in [0.3, 0.4) is 0 Å². The Kier molecular flexibility index (Phi) is 7.11. The fourth-order valence-corrected chi connectivity index (χ4v) is 1.14. The lowest BCUT2D eigenvalue weighted by Crippen LogP contribution is -2.22. The third-order valence-electron chi connectivity index (χ3n) is 1.86. The molecule has 0 radical (unpaired) electrons. The zero-order valence-electron chi connectivity index (χ0n) is 8.34. The van der Waals surface area contributed by atoms with Crippen LogP contribution >= 0.6 is 0 Å². The molecule has 0 saturated carbocycles. The largest absolute Gasteiger partial charge is 0.392 e. The summed E-state index contributed by atoms with van der Waals surface area (Å²) in [5.74, 6) is 0. The van der Waals surface area contributed by atoms with Crippen LogP contribution in [0.4, 0.5) is 0 Å². The maximum Gasteiger partial charge on any atom is 0.0651 e. The van der Waals surface area contributed by atoms with E-state index in [1.807, 2.05) is 0 Å². The molecule has 0 spiro atoms. The van der Waals surface area contributed by atoms with Gasteiger partial charge in [0.1, 0.15) is 0 Å². The van der Waals surface area contributed by atoms with Crippen molar-refractivity contribution in [1.29, 1.82) is 0 Å². The highest BCUT2D eigenvalue weighted by molar-refractivity contribution is 4.96. The third-order valence-corrected chi connectivity index (χ3v) is 1.86. The van der Waals surface area contributed by atoms with E-state index in [4.69, 9.17) is 5.11 Å². The predicted octanol–water partition coefficient (Wildman–Crippen LogP) is 1.66. The summed E-state index contributed by atoms with van der Waals surface area (Å²) in [6.07, 6.45) is 3.79. The normalized spacial score (nSPS) is 10.7. The number of hydrogen-bond donors (Lipinski definition) is 1. The van der Waals surface area contributed by atoms with Gasteiger partial charge in [-0.2, -0.15) is 0 Å². The van der Waals surface area contributed by atoms with Crippen LogP contribution < -0.4 is 0 Å². The van der Waals surface area contributed by atoms with E-state index in [-0.39, 0.29) is 6.61 Å². The van der Waals surface area contributed by atoms with Gasteiger partial charge in [0.15, 0.2) is 0 Å². The molecule has 0 unspecified atom stereocenters. The van der Waals surface area contributed by atoms with Crippen molar-refractivity contribution in [3.8, 4) is 0 Å². The molecule has 0 heterocycles. The molecule has 0 rings (SSSR count). The van der Waals surface area contributed by atoms with E-state index < -0.39 is 0 Å². The van der Waals surface area contributed by atoms with E-state index in [1.54, 1.807) is 0 Å². The zero-order chi connectivity index (χ0) is 9.40. The first-order valence-corrected chi connectivity index (χ1v) is 4.66. The Morgan fingerprint density at radius 2 is 2.08 bits per heavy atom. The van der Waals surface area contributed by atoms with Crippen LogP contribution in [0.5, 0.6) is 0 Å². The fraction of sp³-hybridized carbons (Fsp3) is 0.800. The first-order valence-electron chi connectivity index (χ1n) is 4.66. The lowest BCUT2D eigenvalue weighted by Gasteiger charge is -2.16. The predicted molar refractivity (Wildman–Crippen MR) is 53.2 cm³/mol. The molecule has 1 N–H and O–H groups in total. The Balaban J connectivity index is 3.32. The van der Waals surface area contributed by atoms with Crippen molar-refractivity contribution in [1.82, 2.24) is 4.90 Å². The molecule has 12 heavy (non-hydrogen) atoms. The number of unbranched alkanes of at least 4 members (excludes halogenated alkanes) is 2. The topological polar surface area (TPSA) is 23.5 Å². The van der Waals surface area contributed by atoms with Crippen LogP contribution in [-0.4, -0.2) is 36.8 Å². The molecule has 0 fully saturated rings. The second-order valence-electron chi connectivity index (χ2n) is 3.35. The summed E-state index contributed by atoms with van der Waals surface area (Å²) >= 11 is 0. The Hall–Kier alpha value is -0.340. The van der Waals surface area contributed by atoms with E-state index in [0.717, 1.165) is 18.7 Å². The third kappa shape index (κ3) is 6.38. The molecular formula is C10H21NO. The molecule has 2 heteroatoms. The molecule has 0 aliphatic carbocycles. The van der Waals surface area contributed by atoms with Crippen LogP contribution in [0.2, 0.25) is 0 Å². The molecule has 0 saturated heterocycles. The molecule has 0 aromatic carbocycles. The maximum atomic E-state index is 8.73. The van der Waals surface area contributed by atoms with E-state index in [0.29, 0.717) is 0 Å². The standard InChI is InChI=1S/C10H21NO/c1-4-5-6-7-11(3)8-10(2)9-12/h12H,2,4-9H2,1,3H3. The number of hydrogen-bond acceptors (Lipinski definition) is 2. The summed E-state index contributed by atoms with van der Waals surface area (Å²) in [5.41, 5.74) is 0.897. The summed E-state index contributed by atoms with van der Waals surface area (Å²) < 4.78 is 0. The quantitative estimate of drug-likeness (QED) is 0.465. The second-order valence-corrected chi connectivity index (χ2v) is 3.35. The summed E-state index contributed by atoms with van der Waals surface area (Å²) in [7, 11) is 2.07. The van der Waals surface area contributed by atoms with Gasteiger partial charge in [0.05, 0.1) is 6.61 Å². The molecule has 0 aliphatic heterocycles. The highest BCUT2D eigenvalue weighted by atomic mass is 16.3. The van der Waals surface area contributed by atoms with Crippen molar-refractivity contribution in [2.75, 3.05) is 26.7 Å². The Morgan fingerprint density at radius 3 is 2.58 bits per heavy atom. The molecule has 0 aromatic heterocycles. The van der Waals surface area contributed by atoms with Crippen molar-refractivity contribution >= 4 is 0 Å². The number of rotatable bonds is 7. The van der Waals surface area contributed by atoms with Gasteiger partial charge in [0.25, 0.3) is 0 Å². The van der Waals surface area contributed by atoms with E-state index in [9.17, 15) is 0 Å². The van der Waals surface area contributed by atoms with E-state index in [1.165, 1.54) is 19.3 Å². The number of aliphatic hydroxyl groups excluding tert-OH is 1. The maximum absolute atomic E-state index is 8.73. The lowest BCUT2D eigenvalue weighted by molar-refractivity contribution is 0.295. The molecule has 0 aliphatic rings. The van der Waals surface area contributed by atoms with Crippen LogP contribution in [0, 0.1) is 0 Å². The Bertz CT molecular complexity index is 123. The summed E-state index contributed by atoms with van der Waals surface area (Å²) in [6, 6.07) is 0. The van der Waals surface area contributed by atoms with Gasteiger partial charge in [-0.3, -0.25) is 0 Å². The van der Waals surface area contributed by atoms with Crippen LogP contribution in [0.25, 0.3) is 0 Å². The minimum atomic E-state index is 0.109. The summed E-state index contributed by atoms with van der Waals surface area (Å²) in [4.78, 5) is 2.20. The number of likely N-dealkylation sites (N-methyl/N-ethyl adjacent to an activating group) is 1. The molecule has 0 atom stereocenters. The smallest absolute Gasteiger partial charge is 0.0651 e. The fourth-order valence-electron chi connectivity index (χ4n) is 1.14. The first-order chi connectivity index (χ1) is 5.70. The van der Waals surface area contributed by atoms with Gasteiger partial charge in [-0.25, -0.2) is 0 Å². The van der Waals surface area contributed by atoms with Crippen LogP contribution in [-0.2, 0) is 0 Å². The van der Waals surface area contributed by atoms with Gasteiger partial charge in [0.2, 0.25) is 0 Å². The minimum Gasteiger partial charge on any atom is -0.392 e. The van der Waals surface area contributed by atoms with E-state index >= 15 is 0 Å². The first kappa shape index (κ1) is 11.7. The second kappa shape index (κ2) is 7.32. The van der Waals surface area contributed by atoms with Crippen molar-refractivity contribution in [3.05, 3.63) is 12.2 Å². The summed E-state index contributed by atoms with van der Waals surface area (Å²) in [5, 5.41) is 8.73. The SMILES string of the molecule is C=C(CO)CN(C)CCCCC. The van der Waals surface area contributed by atoms with Crippen molar-refractivity contribution < 1.29 is 5.11 Å². The molecule has 72 valence electrons. The number of nitrogens with zero attached hydrogens (tertiary/aromatic N) is 1. The van der Waals surface area contributed by atoms with Crippen molar-refractivity contribution in [2.45, 2.75) is 26.2 Å². The van der Waals surface area contributed by atoms with Crippen LogP contribution in [0.1, 0.15) is 26.2 Å². The highest BCUT2D eigenvalue weighted by Crippen LogP contribution is 1.98. The Labute approximate surface area is 75.9 Å². The minimum absolute atomic E-state index is 0.109. The molecular weight excluding hydrogens is 150 g/mol. The molecule has 0 amide bonds. The Morgan fingerprint density at radius 1 is 1.42 bits per heavy atom. The lowest BCUT2D eigenvalue weighted by atomic mass is 10.2. The van der Waals surface area contributed by atoms with Gasteiger partial charge in [0, 0.05) is 6.54 Å². The zero-order valence-corrected chi connectivity index (χ0v) is 8.34. The van der Waals surface area contributed by atoms with Gasteiger partial charge >= 0.3 is 0 Å². The highest BCUT2D eigenvalue weighted by Gasteiger charge is 1.98. The monoisotopic (exact) mass is 171 g/mol. The molecule has 0 aromatic rings. The van der Waals surface area contributed by atoms with Crippen molar-refractivity contribution in [3.63, 3.8) is 0 Å². The van der Waals surface area contributed by atoms with Gasteiger partial charge in [-0.1, -0.05) is 26.3 Å². The van der Waals surface area contributed by atoms with Gasteiger partial charge in [-0.15, -0.1) is 0 Å². The summed E-state index contributed by atoms with van der Waals surface area (Å²) in [6.45, 7) is 7.98. The molecule has 2 nitrogen and oxygen atoms in total. The van der Waals surface area contributed by atoms with Gasteiger partial charge < -0.3 is 10.0 Å². The van der Waals surface area contributed by atoms with Gasteiger partial charge in [-0.05, 0) is 25.6 Å². The number of aliphatic hydroxyl groups is 1. The van der Waals surface area contributed by atoms with E-state index in [2.05, 4.69) is 25.5 Å². The molecule has 0 bridgehead atoms.